The Hall–Kier alpha value is -2.49. The molecule has 0 heterocycles. The molecule has 0 saturated heterocycles. The normalized spacial score (nSPS) is 15.3. The number of nitrogens with one attached hydrogen (secondary N) is 2. The largest absolute Gasteiger partial charge is 0.497 e. The molecular weight excluding hydrogens is 288 g/mol. The fraction of sp³-hybridized carbons (Fsp3) is 0.316. The van der Waals surface area contributed by atoms with Crippen molar-refractivity contribution in [1.82, 2.24) is 5.32 Å². The first-order valence-corrected chi connectivity index (χ1v) is 8.02. The fourth-order valence-corrected chi connectivity index (χ4v) is 2.64. The Kier molecular flexibility index (Phi) is 4.81. The number of rotatable bonds is 6. The van der Waals surface area contributed by atoms with E-state index in [1.54, 1.807) is 7.11 Å². The molecule has 1 atom stereocenters. The number of anilines is 1. The predicted octanol–water partition coefficient (Wildman–Crippen LogP) is 3.52. The second-order valence-corrected chi connectivity index (χ2v) is 5.85. The van der Waals surface area contributed by atoms with E-state index >= 15 is 0 Å². The molecule has 0 aliphatic heterocycles. The highest BCUT2D eigenvalue weighted by Gasteiger charge is 2.25. The number of carbonyl (C=O) groups is 1. The Morgan fingerprint density at radius 1 is 1.09 bits per heavy atom. The molecule has 3 rings (SSSR count). The van der Waals surface area contributed by atoms with E-state index in [0.717, 1.165) is 29.8 Å². The highest BCUT2D eigenvalue weighted by Crippen LogP contribution is 2.24. The van der Waals surface area contributed by atoms with Crippen LogP contribution in [-0.4, -0.2) is 19.1 Å². The van der Waals surface area contributed by atoms with Crippen LogP contribution < -0.4 is 15.4 Å². The fourth-order valence-electron chi connectivity index (χ4n) is 2.64. The second-order valence-electron chi connectivity index (χ2n) is 5.85. The van der Waals surface area contributed by atoms with Crippen LogP contribution in [0.15, 0.2) is 54.6 Å². The smallest absolute Gasteiger partial charge is 0.247 e. The van der Waals surface area contributed by atoms with Crippen LogP contribution >= 0.6 is 0 Å². The highest BCUT2D eigenvalue weighted by atomic mass is 16.5. The highest BCUT2D eigenvalue weighted by molar-refractivity contribution is 5.86. The van der Waals surface area contributed by atoms with Crippen LogP contribution in [0.5, 0.6) is 5.75 Å². The molecule has 2 aromatic carbocycles. The van der Waals surface area contributed by atoms with Crippen LogP contribution in [0.3, 0.4) is 0 Å². The van der Waals surface area contributed by atoms with Gasteiger partial charge in [0.25, 0.3) is 0 Å². The van der Waals surface area contributed by atoms with Crippen molar-refractivity contribution in [2.45, 2.75) is 31.3 Å². The first-order chi connectivity index (χ1) is 11.3. The van der Waals surface area contributed by atoms with Gasteiger partial charge >= 0.3 is 0 Å². The molecule has 0 spiro atoms. The quantitative estimate of drug-likeness (QED) is 0.858. The van der Waals surface area contributed by atoms with Crippen molar-refractivity contribution in [3.63, 3.8) is 0 Å². The summed E-state index contributed by atoms with van der Waals surface area (Å²) in [6.07, 6.45) is 3.36. The van der Waals surface area contributed by atoms with Crippen LogP contribution in [0.1, 0.15) is 30.9 Å². The van der Waals surface area contributed by atoms with E-state index in [4.69, 9.17) is 4.74 Å². The Morgan fingerprint density at radius 2 is 1.78 bits per heavy atom. The lowest BCUT2D eigenvalue weighted by atomic mass is 9.92. The number of ether oxygens (including phenoxy) is 1. The first kappa shape index (κ1) is 15.4. The van der Waals surface area contributed by atoms with Crippen LogP contribution in [0.4, 0.5) is 5.69 Å². The molecule has 4 heteroatoms. The third-order valence-corrected chi connectivity index (χ3v) is 4.25. The maximum Gasteiger partial charge on any atom is 0.247 e. The lowest BCUT2D eigenvalue weighted by molar-refractivity contribution is -0.123. The number of hydrogen-bond donors (Lipinski definition) is 2. The molecule has 4 nitrogen and oxygen atoms in total. The van der Waals surface area contributed by atoms with Crippen molar-refractivity contribution in [1.29, 1.82) is 0 Å². The van der Waals surface area contributed by atoms with Gasteiger partial charge in [0.1, 0.15) is 11.8 Å². The molecule has 23 heavy (non-hydrogen) atoms. The van der Waals surface area contributed by atoms with Gasteiger partial charge in [0.15, 0.2) is 0 Å². The second kappa shape index (κ2) is 7.18. The third kappa shape index (κ3) is 3.83. The van der Waals surface area contributed by atoms with Crippen molar-refractivity contribution >= 4 is 11.6 Å². The number of methoxy groups -OCH3 is 1. The first-order valence-electron chi connectivity index (χ1n) is 8.02. The average molecular weight is 310 g/mol. The summed E-state index contributed by atoms with van der Waals surface area (Å²) in [7, 11) is 1.64. The predicted molar refractivity (Wildman–Crippen MR) is 91.6 cm³/mol. The van der Waals surface area contributed by atoms with Crippen molar-refractivity contribution < 1.29 is 9.53 Å². The average Bonchev–Trinajstić information content (AvgIpc) is 2.57. The van der Waals surface area contributed by atoms with Gasteiger partial charge in [-0.15, -0.1) is 0 Å². The number of amides is 1. The van der Waals surface area contributed by atoms with Gasteiger partial charge in [-0.25, -0.2) is 0 Å². The third-order valence-electron chi connectivity index (χ3n) is 4.25. The Bertz CT molecular complexity index is 636. The van der Waals surface area contributed by atoms with E-state index < -0.39 is 6.04 Å². The molecule has 0 bridgehead atoms. The Balaban J connectivity index is 1.77. The van der Waals surface area contributed by atoms with Crippen molar-refractivity contribution in [3.05, 3.63) is 60.2 Å². The van der Waals surface area contributed by atoms with Gasteiger partial charge in [0.2, 0.25) is 5.91 Å². The zero-order chi connectivity index (χ0) is 16.1. The summed E-state index contributed by atoms with van der Waals surface area (Å²) >= 11 is 0. The minimum Gasteiger partial charge on any atom is -0.497 e. The van der Waals surface area contributed by atoms with E-state index in [9.17, 15) is 4.79 Å². The Labute approximate surface area is 136 Å². The number of carbonyl (C=O) groups excluding carboxylic acids is 1. The zero-order valence-electron chi connectivity index (χ0n) is 13.3. The SMILES string of the molecule is COc1ccc(NC(C(=O)NC2CCC2)c2ccccc2)cc1. The van der Waals surface area contributed by atoms with Gasteiger partial charge in [0, 0.05) is 11.7 Å². The van der Waals surface area contributed by atoms with Gasteiger partial charge in [-0.05, 0) is 49.1 Å². The van der Waals surface area contributed by atoms with Crippen LogP contribution in [0.2, 0.25) is 0 Å². The van der Waals surface area contributed by atoms with E-state index in [-0.39, 0.29) is 5.91 Å². The summed E-state index contributed by atoms with van der Waals surface area (Å²) in [4.78, 5) is 12.7. The van der Waals surface area contributed by atoms with Crippen molar-refractivity contribution in [2.75, 3.05) is 12.4 Å². The molecule has 2 N–H and O–H groups in total. The maximum absolute atomic E-state index is 12.7. The zero-order valence-corrected chi connectivity index (χ0v) is 13.3. The van der Waals surface area contributed by atoms with Gasteiger partial charge in [-0.3, -0.25) is 4.79 Å². The molecule has 1 amide bonds. The van der Waals surface area contributed by atoms with Gasteiger partial charge in [-0.1, -0.05) is 30.3 Å². The summed E-state index contributed by atoms with van der Waals surface area (Å²) < 4.78 is 5.17. The lowest BCUT2D eigenvalue weighted by Gasteiger charge is -2.29. The van der Waals surface area contributed by atoms with E-state index in [2.05, 4.69) is 10.6 Å². The van der Waals surface area contributed by atoms with Gasteiger partial charge < -0.3 is 15.4 Å². The molecule has 1 aliphatic carbocycles. The molecule has 2 aromatic rings. The summed E-state index contributed by atoms with van der Waals surface area (Å²) in [6.45, 7) is 0. The molecule has 1 unspecified atom stereocenters. The molecule has 1 aliphatic rings. The molecule has 1 saturated carbocycles. The standard InChI is InChI=1S/C19H22N2O2/c1-23-17-12-10-16(11-13-17)20-18(14-6-3-2-4-7-14)19(22)21-15-8-5-9-15/h2-4,6-7,10-13,15,18,20H,5,8-9H2,1H3,(H,21,22). The van der Waals surface area contributed by atoms with E-state index in [1.807, 2.05) is 54.6 Å². The molecule has 0 radical (unpaired) electrons. The van der Waals surface area contributed by atoms with Crippen LogP contribution in [0.25, 0.3) is 0 Å². The maximum atomic E-state index is 12.7. The topological polar surface area (TPSA) is 50.4 Å². The van der Waals surface area contributed by atoms with Crippen LogP contribution in [0, 0.1) is 0 Å². The van der Waals surface area contributed by atoms with Crippen molar-refractivity contribution in [3.8, 4) is 5.75 Å². The van der Waals surface area contributed by atoms with E-state index in [1.165, 1.54) is 6.42 Å². The molecule has 1 fully saturated rings. The monoisotopic (exact) mass is 310 g/mol. The summed E-state index contributed by atoms with van der Waals surface area (Å²) in [5.74, 6) is 0.822. The lowest BCUT2D eigenvalue weighted by Crippen LogP contribution is -2.43. The van der Waals surface area contributed by atoms with Crippen molar-refractivity contribution in [2.24, 2.45) is 0 Å². The molecular formula is C19H22N2O2. The Morgan fingerprint density at radius 3 is 2.35 bits per heavy atom. The number of benzene rings is 2. The van der Waals surface area contributed by atoms with Crippen LogP contribution in [-0.2, 0) is 4.79 Å². The summed E-state index contributed by atoms with van der Waals surface area (Å²) in [5, 5.41) is 6.46. The van der Waals surface area contributed by atoms with Gasteiger partial charge in [0.05, 0.1) is 7.11 Å². The number of hydrogen-bond acceptors (Lipinski definition) is 3. The van der Waals surface area contributed by atoms with E-state index in [0.29, 0.717) is 6.04 Å². The summed E-state index contributed by atoms with van der Waals surface area (Å²) in [5.41, 5.74) is 1.85. The summed E-state index contributed by atoms with van der Waals surface area (Å²) in [6, 6.07) is 17.3. The molecule has 0 aromatic heterocycles. The molecule has 120 valence electrons. The minimum absolute atomic E-state index is 0.0247. The minimum atomic E-state index is -0.398. The van der Waals surface area contributed by atoms with Gasteiger partial charge in [-0.2, -0.15) is 0 Å².